The molecule has 1 heterocycles. The van der Waals surface area contributed by atoms with Crippen LogP contribution < -0.4 is 0 Å². The van der Waals surface area contributed by atoms with Gasteiger partial charge in [0.1, 0.15) is 0 Å². The molecule has 1 aliphatic rings. The minimum Gasteiger partial charge on any atom is -0.462 e. The van der Waals surface area contributed by atoms with E-state index in [1.54, 1.807) is 18.2 Å². The smallest absolute Gasteiger partial charge is 0.334 e. The third kappa shape index (κ3) is 2.08. The van der Waals surface area contributed by atoms with Gasteiger partial charge in [-0.05, 0) is 11.6 Å². The number of hydrogen-bond donors (Lipinski definition) is 0. The molecule has 1 aliphatic heterocycles. The fourth-order valence-corrected chi connectivity index (χ4v) is 1.51. The van der Waals surface area contributed by atoms with E-state index in [4.69, 9.17) is 4.74 Å². The SMILES string of the molecule is O=C1OCCC1=Cc1cccc([N+](=O)[O-])c1. The molecule has 0 N–H and O–H groups in total. The number of hydrogen-bond acceptors (Lipinski definition) is 4. The summed E-state index contributed by atoms with van der Waals surface area (Å²) in [4.78, 5) is 21.3. The number of nitrogens with zero attached hydrogens (tertiary/aromatic N) is 1. The van der Waals surface area contributed by atoms with Crippen molar-refractivity contribution in [1.29, 1.82) is 0 Å². The number of non-ortho nitro benzene ring substituents is 1. The number of carbonyl (C=O) groups excluding carboxylic acids is 1. The topological polar surface area (TPSA) is 69.4 Å². The van der Waals surface area contributed by atoms with Crippen molar-refractivity contribution in [2.75, 3.05) is 6.61 Å². The molecule has 0 saturated carbocycles. The van der Waals surface area contributed by atoms with Crippen LogP contribution in [0.2, 0.25) is 0 Å². The molecule has 82 valence electrons. The first-order valence-corrected chi connectivity index (χ1v) is 4.79. The molecule has 1 aromatic carbocycles. The van der Waals surface area contributed by atoms with E-state index in [-0.39, 0.29) is 11.7 Å². The van der Waals surface area contributed by atoms with Crippen molar-refractivity contribution in [3.63, 3.8) is 0 Å². The first-order chi connectivity index (χ1) is 7.66. The van der Waals surface area contributed by atoms with E-state index in [0.29, 0.717) is 24.2 Å². The van der Waals surface area contributed by atoms with E-state index in [1.165, 1.54) is 12.1 Å². The lowest BCUT2D eigenvalue weighted by atomic mass is 10.1. The van der Waals surface area contributed by atoms with Crippen LogP contribution in [0, 0.1) is 10.1 Å². The highest BCUT2D eigenvalue weighted by Crippen LogP contribution is 2.20. The predicted molar refractivity (Wildman–Crippen MR) is 56.6 cm³/mol. The average Bonchev–Trinajstić information content (AvgIpc) is 2.65. The fourth-order valence-electron chi connectivity index (χ4n) is 1.51. The summed E-state index contributed by atoms with van der Waals surface area (Å²) in [6.45, 7) is 0.388. The van der Waals surface area contributed by atoms with Gasteiger partial charge in [-0.15, -0.1) is 0 Å². The summed E-state index contributed by atoms with van der Waals surface area (Å²) >= 11 is 0. The molecule has 1 saturated heterocycles. The maximum Gasteiger partial charge on any atom is 0.334 e. The zero-order valence-electron chi connectivity index (χ0n) is 8.38. The number of cyclic esters (lactones) is 1. The zero-order valence-corrected chi connectivity index (χ0v) is 8.38. The molecule has 1 aromatic rings. The lowest BCUT2D eigenvalue weighted by Crippen LogP contribution is -1.94. The summed E-state index contributed by atoms with van der Waals surface area (Å²) in [6, 6.07) is 6.14. The van der Waals surface area contributed by atoms with Gasteiger partial charge in [0.05, 0.1) is 11.5 Å². The third-order valence-electron chi connectivity index (χ3n) is 2.29. The summed E-state index contributed by atoms with van der Waals surface area (Å²) < 4.78 is 4.77. The third-order valence-corrected chi connectivity index (χ3v) is 2.29. The Morgan fingerprint density at radius 3 is 2.88 bits per heavy atom. The van der Waals surface area contributed by atoms with E-state index >= 15 is 0 Å². The Balaban J connectivity index is 2.31. The van der Waals surface area contributed by atoms with Crippen LogP contribution in [-0.2, 0) is 9.53 Å². The van der Waals surface area contributed by atoms with Gasteiger partial charge in [0.15, 0.2) is 0 Å². The lowest BCUT2D eigenvalue weighted by molar-refractivity contribution is -0.384. The van der Waals surface area contributed by atoms with Crippen molar-refractivity contribution >= 4 is 17.7 Å². The Morgan fingerprint density at radius 1 is 1.44 bits per heavy atom. The highest BCUT2D eigenvalue weighted by Gasteiger charge is 2.18. The highest BCUT2D eigenvalue weighted by atomic mass is 16.6. The predicted octanol–water partition coefficient (Wildman–Crippen LogP) is 1.93. The Bertz CT molecular complexity index is 479. The normalized spacial score (nSPS) is 17.5. The molecule has 2 rings (SSSR count). The Morgan fingerprint density at radius 2 is 2.25 bits per heavy atom. The number of nitro groups is 1. The van der Waals surface area contributed by atoms with Crippen molar-refractivity contribution in [3.8, 4) is 0 Å². The molecule has 0 bridgehead atoms. The van der Waals surface area contributed by atoms with E-state index in [9.17, 15) is 14.9 Å². The molecule has 0 amide bonds. The second kappa shape index (κ2) is 4.14. The Hall–Kier alpha value is -2.17. The maximum absolute atomic E-state index is 11.2. The first-order valence-electron chi connectivity index (χ1n) is 4.79. The number of nitro benzene ring substituents is 1. The van der Waals surface area contributed by atoms with Gasteiger partial charge in [-0.2, -0.15) is 0 Å². The van der Waals surface area contributed by atoms with Crippen LogP contribution in [0.15, 0.2) is 29.8 Å². The molecular weight excluding hydrogens is 210 g/mol. The van der Waals surface area contributed by atoms with Crippen LogP contribution >= 0.6 is 0 Å². The van der Waals surface area contributed by atoms with E-state index < -0.39 is 4.92 Å². The first kappa shape index (κ1) is 10.4. The van der Waals surface area contributed by atoms with E-state index in [2.05, 4.69) is 0 Å². The molecule has 0 radical (unpaired) electrons. The van der Waals surface area contributed by atoms with Crippen molar-refractivity contribution in [1.82, 2.24) is 0 Å². The highest BCUT2D eigenvalue weighted by molar-refractivity contribution is 5.95. The average molecular weight is 219 g/mol. The van der Waals surface area contributed by atoms with Gasteiger partial charge in [-0.3, -0.25) is 10.1 Å². The largest absolute Gasteiger partial charge is 0.462 e. The number of carbonyl (C=O) groups is 1. The molecule has 1 fully saturated rings. The monoisotopic (exact) mass is 219 g/mol. The maximum atomic E-state index is 11.2. The Kier molecular flexibility index (Phi) is 2.68. The summed E-state index contributed by atoms with van der Waals surface area (Å²) in [6.07, 6.45) is 2.18. The van der Waals surface area contributed by atoms with Gasteiger partial charge >= 0.3 is 5.97 Å². The van der Waals surface area contributed by atoms with Gasteiger partial charge in [0, 0.05) is 24.1 Å². The van der Waals surface area contributed by atoms with Crippen LogP contribution in [0.1, 0.15) is 12.0 Å². The molecule has 0 spiro atoms. The quantitative estimate of drug-likeness (QED) is 0.330. The van der Waals surface area contributed by atoms with E-state index in [1.807, 2.05) is 0 Å². The zero-order chi connectivity index (χ0) is 11.5. The van der Waals surface area contributed by atoms with Crippen LogP contribution in [0.4, 0.5) is 5.69 Å². The summed E-state index contributed by atoms with van der Waals surface area (Å²) in [5.41, 5.74) is 1.21. The van der Waals surface area contributed by atoms with Crippen molar-refractivity contribution < 1.29 is 14.5 Å². The Labute approximate surface area is 91.5 Å². The standard InChI is InChI=1S/C11H9NO4/c13-11-9(4-5-16-11)6-8-2-1-3-10(7-8)12(14)15/h1-3,6-7H,4-5H2. The molecule has 16 heavy (non-hydrogen) atoms. The summed E-state index contributed by atoms with van der Waals surface area (Å²) in [5.74, 6) is -0.341. The number of benzene rings is 1. The molecule has 0 aromatic heterocycles. The van der Waals surface area contributed by atoms with Crippen molar-refractivity contribution in [2.45, 2.75) is 6.42 Å². The molecule has 5 heteroatoms. The molecule has 0 aliphatic carbocycles. The molecule has 5 nitrogen and oxygen atoms in total. The minimum atomic E-state index is -0.463. The van der Waals surface area contributed by atoms with Crippen LogP contribution in [0.25, 0.3) is 6.08 Å². The van der Waals surface area contributed by atoms with Gasteiger partial charge in [0.25, 0.3) is 5.69 Å². The molecule has 0 unspecified atom stereocenters. The van der Waals surface area contributed by atoms with Crippen molar-refractivity contribution in [2.24, 2.45) is 0 Å². The second-order valence-electron chi connectivity index (χ2n) is 3.41. The van der Waals surface area contributed by atoms with Crippen LogP contribution in [-0.4, -0.2) is 17.5 Å². The minimum absolute atomic E-state index is 0.0146. The molecule has 0 atom stereocenters. The van der Waals surface area contributed by atoms with Crippen LogP contribution in [0.5, 0.6) is 0 Å². The number of rotatable bonds is 2. The fraction of sp³-hybridized carbons (Fsp3) is 0.182. The van der Waals surface area contributed by atoms with Gasteiger partial charge in [-0.1, -0.05) is 12.1 Å². The summed E-state index contributed by atoms with van der Waals surface area (Å²) in [7, 11) is 0. The van der Waals surface area contributed by atoms with Crippen LogP contribution in [0.3, 0.4) is 0 Å². The molecular formula is C11H9NO4. The van der Waals surface area contributed by atoms with E-state index in [0.717, 1.165) is 0 Å². The second-order valence-corrected chi connectivity index (χ2v) is 3.41. The van der Waals surface area contributed by atoms with Gasteiger partial charge < -0.3 is 4.74 Å². The summed E-state index contributed by atoms with van der Waals surface area (Å²) in [5, 5.41) is 10.5. The van der Waals surface area contributed by atoms with Gasteiger partial charge in [0.2, 0.25) is 0 Å². The van der Waals surface area contributed by atoms with Crippen molar-refractivity contribution in [3.05, 3.63) is 45.5 Å². The number of esters is 1. The lowest BCUT2D eigenvalue weighted by Gasteiger charge is -1.95. The number of ether oxygens (including phenoxy) is 1. The van der Waals surface area contributed by atoms with Gasteiger partial charge in [-0.25, -0.2) is 4.79 Å².